The van der Waals surface area contributed by atoms with Crippen LogP contribution in [0.1, 0.15) is 40.7 Å². The average molecular weight is 322 g/mol. The molecule has 4 heteroatoms. The van der Waals surface area contributed by atoms with Crippen LogP contribution in [0.5, 0.6) is 0 Å². The number of aryl methyl sites for hydroxylation is 2. The van der Waals surface area contributed by atoms with Crippen molar-refractivity contribution in [2.75, 3.05) is 10.6 Å². The smallest absolute Gasteiger partial charge is 0.257 e. The van der Waals surface area contributed by atoms with Crippen molar-refractivity contribution in [2.24, 2.45) is 5.92 Å². The Balaban J connectivity index is 1.76. The van der Waals surface area contributed by atoms with Crippen LogP contribution in [0.2, 0.25) is 0 Å². The molecule has 1 aliphatic carbocycles. The molecule has 0 heterocycles. The fourth-order valence-corrected chi connectivity index (χ4v) is 2.71. The van der Waals surface area contributed by atoms with E-state index in [-0.39, 0.29) is 17.7 Å². The molecule has 2 aromatic carbocycles. The molecule has 0 saturated heterocycles. The second-order valence-corrected chi connectivity index (χ2v) is 6.42. The molecule has 2 N–H and O–H groups in total. The first-order chi connectivity index (χ1) is 11.5. The molecule has 3 rings (SSSR count). The van der Waals surface area contributed by atoms with Gasteiger partial charge in [0.15, 0.2) is 0 Å². The SMILES string of the molecule is Cc1ccc(NC(=O)c2ccccc2NC(=O)C2CCC2)cc1C. The van der Waals surface area contributed by atoms with Crippen LogP contribution in [-0.4, -0.2) is 11.8 Å². The summed E-state index contributed by atoms with van der Waals surface area (Å²) in [6, 6.07) is 12.9. The van der Waals surface area contributed by atoms with Gasteiger partial charge in [0.2, 0.25) is 5.91 Å². The van der Waals surface area contributed by atoms with Crippen molar-refractivity contribution in [1.82, 2.24) is 0 Å². The van der Waals surface area contributed by atoms with Gasteiger partial charge in [-0.2, -0.15) is 0 Å². The van der Waals surface area contributed by atoms with Crippen LogP contribution in [0, 0.1) is 19.8 Å². The zero-order chi connectivity index (χ0) is 17.1. The minimum Gasteiger partial charge on any atom is -0.325 e. The fraction of sp³-hybridized carbons (Fsp3) is 0.300. The van der Waals surface area contributed by atoms with Gasteiger partial charge in [-0.05, 0) is 62.1 Å². The molecule has 1 saturated carbocycles. The first-order valence-electron chi connectivity index (χ1n) is 8.33. The standard InChI is InChI=1S/C20H22N2O2/c1-13-10-11-16(12-14(13)2)21-20(24)17-8-3-4-9-18(17)22-19(23)15-6-5-7-15/h3-4,8-12,15H,5-7H2,1-2H3,(H,21,24)(H,22,23). The number of nitrogens with one attached hydrogen (secondary N) is 2. The zero-order valence-corrected chi connectivity index (χ0v) is 14.1. The third-order valence-corrected chi connectivity index (χ3v) is 4.67. The lowest BCUT2D eigenvalue weighted by molar-refractivity contribution is -0.122. The lowest BCUT2D eigenvalue weighted by atomic mass is 9.85. The van der Waals surface area contributed by atoms with Crippen molar-refractivity contribution in [3.05, 3.63) is 59.2 Å². The first-order valence-corrected chi connectivity index (χ1v) is 8.33. The van der Waals surface area contributed by atoms with E-state index in [1.165, 1.54) is 5.56 Å². The number of anilines is 2. The largest absolute Gasteiger partial charge is 0.325 e. The van der Waals surface area contributed by atoms with Crippen LogP contribution < -0.4 is 10.6 Å². The molecule has 1 aliphatic rings. The van der Waals surface area contributed by atoms with Gasteiger partial charge >= 0.3 is 0 Å². The van der Waals surface area contributed by atoms with Gasteiger partial charge in [-0.15, -0.1) is 0 Å². The first kappa shape index (κ1) is 16.2. The van der Waals surface area contributed by atoms with Gasteiger partial charge in [0.05, 0.1) is 11.3 Å². The molecule has 0 bridgehead atoms. The van der Waals surface area contributed by atoms with E-state index in [2.05, 4.69) is 10.6 Å². The molecule has 124 valence electrons. The van der Waals surface area contributed by atoms with Crippen molar-refractivity contribution < 1.29 is 9.59 Å². The predicted molar refractivity (Wildman–Crippen MR) is 96.3 cm³/mol. The second kappa shape index (κ2) is 6.87. The van der Waals surface area contributed by atoms with Crippen LogP contribution in [0.25, 0.3) is 0 Å². The van der Waals surface area contributed by atoms with Crippen molar-refractivity contribution in [1.29, 1.82) is 0 Å². The van der Waals surface area contributed by atoms with Gasteiger partial charge in [-0.25, -0.2) is 0 Å². The van der Waals surface area contributed by atoms with E-state index in [1.54, 1.807) is 18.2 Å². The third kappa shape index (κ3) is 3.48. The highest BCUT2D eigenvalue weighted by molar-refractivity contribution is 6.10. The zero-order valence-electron chi connectivity index (χ0n) is 14.1. The maximum Gasteiger partial charge on any atom is 0.257 e. The van der Waals surface area contributed by atoms with Gasteiger partial charge in [-0.3, -0.25) is 9.59 Å². The number of benzene rings is 2. The molecule has 2 amide bonds. The summed E-state index contributed by atoms with van der Waals surface area (Å²) in [6.07, 6.45) is 2.97. The van der Waals surface area contributed by atoms with E-state index < -0.39 is 0 Å². The number of hydrogen-bond acceptors (Lipinski definition) is 2. The summed E-state index contributed by atoms with van der Waals surface area (Å²) in [5.41, 5.74) is 4.10. The van der Waals surface area contributed by atoms with Crippen molar-refractivity contribution in [3.63, 3.8) is 0 Å². The molecule has 4 nitrogen and oxygen atoms in total. The van der Waals surface area contributed by atoms with Crippen LogP contribution in [0.3, 0.4) is 0 Å². The topological polar surface area (TPSA) is 58.2 Å². The summed E-state index contributed by atoms with van der Waals surface area (Å²) in [6.45, 7) is 4.05. The number of amides is 2. The van der Waals surface area contributed by atoms with Crippen LogP contribution >= 0.6 is 0 Å². The van der Waals surface area contributed by atoms with Crippen LogP contribution in [0.4, 0.5) is 11.4 Å². The van der Waals surface area contributed by atoms with E-state index in [0.29, 0.717) is 11.3 Å². The molecule has 0 radical (unpaired) electrons. The molecule has 1 fully saturated rings. The monoisotopic (exact) mass is 322 g/mol. The van der Waals surface area contributed by atoms with Crippen molar-refractivity contribution in [3.8, 4) is 0 Å². The quantitative estimate of drug-likeness (QED) is 0.882. The van der Waals surface area contributed by atoms with Crippen molar-refractivity contribution >= 4 is 23.2 Å². The Morgan fingerprint density at radius 1 is 0.958 bits per heavy atom. The molecule has 0 aliphatic heterocycles. The lowest BCUT2D eigenvalue weighted by Crippen LogP contribution is -2.29. The number of carbonyl (C=O) groups is 2. The summed E-state index contributed by atoms with van der Waals surface area (Å²) in [4.78, 5) is 24.8. The Hall–Kier alpha value is -2.62. The van der Waals surface area contributed by atoms with Gasteiger partial charge in [0.25, 0.3) is 5.91 Å². The Morgan fingerprint density at radius 3 is 2.38 bits per heavy atom. The van der Waals surface area contributed by atoms with E-state index in [9.17, 15) is 9.59 Å². The molecule has 24 heavy (non-hydrogen) atoms. The predicted octanol–water partition coefficient (Wildman–Crippen LogP) is 4.29. The van der Waals surface area contributed by atoms with Gasteiger partial charge < -0.3 is 10.6 Å². The summed E-state index contributed by atoms with van der Waals surface area (Å²) >= 11 is 0. The lowest BCUT2D eigenvalue weighted by Gasteiger charge is -2.24. The highest BCUT2D eigenvalue weighted by Gasteiger charge is 2.26. The maximum atomic E-state index is 12.6. The van der Waals surface area contributed by atoms with E-state index in [4.69, 9.17) is 0 Å². The van der Waals surface area contributed by atoms with E-state index in [1.807, 2.05) is 38.1 Å². The minimum absolute atomic E-state index is 0.00711. The Labute approximate surface area is 142 Å². The van der Waals surface area contributed by atoms with Crippen LogP contribution in [0.15, 0.2) is 42.5 Å². The molecule has 0 aromatic heterocycles. The Kier molecular flexibility index (Phi) is 4.65. The number of hydrogen-bond donors (Lipinski definition) is 2. The fourth-order valence-electron chi connectivity index (χ4n) is 2.71. The number of para-hydroxylation sites is 1. The van der Waals surface area contributed by atoms with Gasteiger partial charge in [0, 0.05) is 11.6 Å². The van der Waals surface area contributed by atoms with Gasteiger partial charge in [0.1, 0.15) is 0 Å². The maximum absolute atomic E-state index is 12.6. The minimum atomic E-state index is -0.220. The Morgan fingerprint density at radius 2 is 1.71 bits per heavy atom. The summed E-state index contributed by atoms with van der Waals surface area (Å²) in [7, 11) is 0. The van der Waals surface area contributed by atoms with Crippen LogP contribution in [-0.2, 0) is 4.79 Å². The average Bonchev–Trinajstić information content (AvgIpc) is 2.49. The third-order valence-electron chi connectivity index (χ3n) is 4.67. The normalized spacial score (nSPS) is 13.9. The molecule has 2 aromatic rings. The molecule has 0 unspecified atom stereocenters. The summed E-state index contributed by atoms with van der Waals surface area (Å²) < 4.78 is 0. The number of rotatable bonds is 4. The van der Waals surface area contributed by atoms with E-state index in [0.717, 1.165) is 30.5 Å². The second-order valence-electron chi connectivity index (χ2n) is 6.42. The highest BCUT2D eigenvalue weighted by Crippen LogP contribution is 2.28. The molecule has 0 atom stereocenters. The van der Waals surface area contributed by atoms with Gasteiger partial charge in [-0.1, -0.05) is 24.6 Å². The summed E-state index contributed by atoms with van der Waals surface area (Å²) in [5.74, 6) is -0.128. The Bertz CT molecular complexity index is 779. The molecular weight excluding hydrogens is 300 g/mol. The molecule has 0 spiro atoms. The van der Waals surface area contributed by atoms with E-state index >= 15 is 0 Å². The summed E-state index contributed by atoms with van der Waals surface area (Å²) in [5, 5.41) is 5.81. The highest BCUT2D eigenvalue weighted by atomic mass is 16.2. The molecular formula is C20H22N2O2. The van der Waals surface area contributed by atoms with Crippen molar-refractivity contribution in [2.45, 2.75) is 33.1 Å². The number of carbonyl (C=O) groups excluding carboxylic acids is 2.